The number of primary amides is 1. The van der Waals surface area contributed by atoms with Gasteiger partial charge in [-0.25, -0.2) is 0 Å². The van der Waals surface area contributed by atoms with Crippen molar-refractivity contribution < 1.29 is 4.79 Å². The Bertz CT molecular complexity index is 148. The summed E-state index contributed by atoms with van der Waals surface area (Å²) in [6, 6.07) is 0. The van der Waals surface area contributed by atoms with E-state index in [1.54, 1.807) is 0 Å². The highest BCUT2D eigenvalue weighted by Crippen LogP contribution is 1.84. The number of amides is 1. The molecule has 0 bridgehead atoms. The number of alkyl halides is 1. The summed E-state index contributed by atoms with van der Waals surface area (Å²) in [6.07, 6.45) is 5.08. The molecule has 0 fully saturated rings. The van der Waals surface area contributed by atoms with Gasteiger partial charge in [-0.15, -0.1) is 11.6 Å². The lowest BCUT2D eigenvalue weighted by Gasteiger charge is -1.98. The van der Waals surface area contributed by atoms with Crippen molar-refractivity contribution in [3.05, 3.63) is 12.2 Å². The molecule has 1 amide bonds. The Morgan fingerprint density at radius 1 is 1.50 bits per heavy atom. The molecule has 12 heavy (non-hydrogen) atoms. The Labute approximate surface area is 78.0 Å². The van der Waals surface area contributed by atoms with Crippen molar-refractivity contribution >= 4 is 17.5 Å². The van der Waals surface area contributed by atoms with Gasteiger partial charge >= 0.3 is 0 Å². The molecule has 0 aromatic heterocycles. The van der Waals surface area contributed by atoms with Gasteiger partial charge in [0.1, 0.15) is 0 Å². The first-order chi connectivity index (χ1) is 5.77. The number of hydrogen-bond acceptors (Lipinski definition) is 2. The number of carbonyl (C=O) groups excluding carboxylic acids is 1. The Hall–Kier alpha value is -0.540. The number of rotatable bonds is 7. The largest absolute Gasteiger partial charge is 0.370 e. The summed E-state index contributed by atoms with van der Waals surface area (Å²) in [5, 5.41) is 3.12. The molecular formula is C8H15ClN2O. The monoisotopic (exact) mass is 190 g/mol. The molecule has 0 rings (SSSR count). The van der Waals surface area contributed by atoms with Crippen molar-refractivity contribution in [3.63, 3.8) is 0 Å². The summed E-state index contributed by atoms with van der Waals surface area (Å²) in [5.74, 6) is 0.302. The van der Waals surface area contributed by atoms with Crippen molar-refractivity contribution in [1.82, 2.24) is 5.32 Å². The second-order valence-corrected chi connectivity index (χ2v) is 2.71. The van der Waals surface area contributed by atoms with E-state index < -0.39 is 0 Å². The van der Waals surface area contributed by atoms with E-state index in [9.17, 15) is 4.79 Å². The summed E-state index contributed by atoms with van der Waals surface area (Å²) in [5.41, 5.74) is 4.96. The zero-order valence-electron chi connectivity index (χ0n) is 7.05. The molecule has 4 heteroatoms. The topological polar surface area (TPSA) is 55.1 Å². The molecule has 3 nitrogen and oxygen atoms in total. The van der Waals surface area contributed by atoms with E-state index in [-0.39, 0.29) is 5.91 Å². The van der Waals surface area contributed by atoms with Crippen LogP contribution < -0.4 is 11.1 Å². The van der Waals surface area contributed by atoms with Crippen LogP contribution >= 0.6 is 11.6 Å². The van der Waals surface area contributed by atoms with Gasteiger partial charge < -0.3 is 11.1 Å². The van der Waals surface area contributed by atoms with Gasteiger partial charge in [0.15, 0.2) is 0 Å². The third-order valence-electron chi connectivity index (χ3n) is 1.29. The van der Waals surface area contributed by atoms with E-state index in [2.05, 4.69) is 5.32 Å². The highest BCUT2D eigenvalue weighted by Gasteiger charge is 1.91. The number of nitrogens with two attached hydrogens (primary N) is 1. The van der Waals surface area contributed by atoms with E-state index >= 15 is 0 Å². The quantitative estimate of drug-likeness (QED) is 0.352. The van der Waals surface area contributed by atoms with Gasteiger partial charge in [-0.1, -0.05) is 12.2 Å². The van der Waals surface area contributed by atoms with Crippen molar-refractivity contribution in [2.45, 2.75) is 12.8 Å². The number of halogens is 1. The van der Waals surface area contributed by atoms with E-state index in [1.165, 1.54) is 0 Å². The maximum Gasteiger partial charge on any atom is 0.217 e. The fourth-order valence-electron chi connectivity index (χ4n) is 0.719. The molecular weight excluding hydrogens is 176 g/mol. The number of allylic oxidation sites excluding steroid dienone is 1. The maximum atomic E-state index is 10.3. The second kappa shape index (κ2) is 8.56. The van der Waals surface area contributed by atoms with Crippen LogP contribution in [0.4, 0.5) is 0 Å². The molecule has 0 saturated carbocycles. The third-order valence-corrected chi connectivity index (χ3v) is 1.47. The molecule has 0 aromatic carbocycles. The van der Waals surface area contributed by atoms with Crippen LogP contribution in [0.2, 0.25) is 0 Å². The molecule has 0 atom stereocenters. The molecule has 70 valence electrons. The third kappa shape index (κ3) is 9.46. The molecule has 0 aliphatic rings. The minimum absolute atomic E-state index is 0.242. The van der Waals surface area contributed by atoms with Crippen LogP contribution in [0.1, 0.15) is 12.8 Å². The zero-order valence-corrected chi connectivity index (χ0v) is 7.81. The lowest BCUT2D eigenvalue weighted by atomic mass is 10.3. The Kier molecular flexibility index (Phi) is 8.17. The zero-order chi connectivity index (χ0) is 9.23. The number of carbonyl (C=O) groups is 1. The Morgan fingerprint density at radius 2 is 2.25 bits per heavy atom. The second-order valence-electron chi connectivity index (χ2n) is 2.40. The lowest BCUT2D eigenvalue weighted by Crippen LogP contribution is -2.18. The van der Waals surface area contributed by atoms with Crippen LogP contribution in [0, 0.1) is 0 Å². The normalized spacial score (nSPS) is 10.8. The first-order valence-corrected chi connectivity index (χ1v) is 4.51. The van der Waals surface area contributed by atoms with E-state index in [0.717, 1.165) is 19.5 Å². The summed E-state index contributed by atoms with van der Waals surface area (Å²) >= 11 is 5.41. The SMILES string of the molecule is NC(=O)CCCNC/C=C/CCl. The highest BCUT2D eigenvalue weighted by molar-refractivity contribution is 6.18. The molecule has 0 aromatic rings. The van der Waals surface area contributed by atoms with Gasteiger partial charge in [0, 0.05) is 18.8 Å². The summed E-state index contributed by atoms with van der Waals surface area (Å²) in [4.78, 5) is 10.3. The first-order valence-electron chi connectivity index (χ1n) is 3.97. The maximum absolute atomic E-state index is 10.3. The van der Waals surface area contributed by atoms with Gasteiger partial charge in [0.2, 0.25) is 5.91 Å². The standard InChI is InChI=1S/C8H15ClN2O/c9-5-1-2-6-11-7-3-4-8(10)12/h1-2,11H,3-7H2,(H2,10,12)/b2-1+. The predicted molar refractivity (Wildman–Crippen MR) is 51.2 cm³/mol. The molecule has 0 unspecified atom stereocenters. The van der Waals surface area contributed by atoms with Crippen LogP contribution in [0.3, 0.4) is 0 Å². The fraction of sp³-hybridized carbons (Fsp3) is 0.625. The summed E-state index contributed by atoms with van der Waals surface area (Å²) in [7, 11) is 0. The Morgan fingerprint density at radius 3 is 2.83 bits per heavy atom. The first kappa shape index (κ1) is 11.5. The van der Waals surface area contributed by atoms with Crippen molar-refractivity contribution in [3.8, 4) is 0 Å². The average Bonchev–Trinajstić information content (AvgIpc) is 2.02. The predicted octanol–water partition coefficient (Wildman–Crippen LogP) is 0.636. The van der Waals surface area contributed by atoms with Crippen molar-refractivity contribution in [2.24, 2.45) is 5.73 Å². The number of hydrogen-bond donors (Lipinski definition) is 2. The van der Waals surface area contributed by atoms with Crippen LogP contribution in [0.25, 0.3) is 0 Å². The molecule has 0 radical (unpaired) electrons. The Balaban J connectivity index is 3.00. The molecule has 0 heterocycles. The molecule has 0 aliphatic carbocycles. The molecule has 0 aliphatic heterocycles. The van der Waals surface area contributed by atoms with Gasteiger partial charge in [-0.3, -0.25) is 4.79 Å². The van der Waals surface area contributed by atoms with Gasteiger partial charge in [-0.05, 0) is 13.0 Å². The van der Waals surface area contributed by atoms with Gasteiger partial charge in [-0.2, -0.15) is 0 Å². The minimum Gasteiger partial charge on any atom is -0.370 e. The van der Waals surface area contributed by atoms with E-state index in [0.29, 0.717) is 12.3 Å². The lowest BCUT2D eigenvalue weighted by molar-refractivity contribution is -0.118. The van der Waals surface area contributed by atoms with Crippen molar-refractivity contribution in [2.75, 3.05) is 19.0 Å². The van der Waals surface area contributed by atoms with Gasteiger partial charge in [0.25, 0.3) is 0 Å². The summed E-state index contributed by atoms with van der Waals surface area (Å²) in [6.45, 7) is 1.61. The van der Waals surface area contributed by atoms with Gasteiger partial charge in [0.05, 0.1) is 0 Å². The van der Waals surface area contributed by atoms with Crippen LogP contribution in [0.5, 0.6) is 0 Å². The molecule has 0 spiro atoms. The minimum atomic E-state index is -0.242. The average molecular weight is 191 g/mol. The summed E-state index contributed by atoms with van der Waals surface area (Å²) < 4.78 is 0. The highest BCUT2D eigenvalue weighted by atomic mass is 35.5. The molecule has 3 N–H and O–H groups in total. The van der Waals surface area contributed by atoms with Crippen LogP contribution in [-0.2, 0) is 4.79 Å². The number of nitrogens with one attached hydrogen (secondary N) is 1. The van der Waals surface area contributed by atoms with E-state index in [1.807, 2.05) is 12.2 Å². The van der Waals surface area contributed by atoms with E-state index in [4.69, 9.17) is 17.3 Å². The van der Waals surface area contributed by atoms with Crippen LogP contribution in [-0.4, -0.2) is 24.9 Å². The fourth-order valence-corrected chi connectivity index (χ4v) is 0.845. The van der Waals surface area contributed by atoms with Crippen LogP contribution in [0.15, 0.2) is 12.2 Å². The smallest absolute Gasteiger partial charge is 0.217 e. The molecule has 0 saturated heterocycles. The van der Waals surface area contributed by atoms with Crippen molar-refractivity contribution in [1.29, 1.82) is 0 Å².